The molecule has 0 radical (unpaired) electrons. The van der Waals surface area contributed by atoms with Gasteiger partial charge in [0.1, 0.15) is 6.04 Å². The lowest BCUT2D eigenvalue weighted by atomic mass is 9.83. The van der Waals surface area contributed by atoms with Crippen LogP contribution in [-0.2, 0) is 32.4 Å². The highest BCUT2D eigenvalue weighted by Gasteiger charge is 2.40. The first-order chi connectivity index (χ1) is 21.7. The van der Waals surface area contributed by atoms with Crippen LogP contribution in [0.1, 0.15) is 24.0 Å². The van der Waals surface area contributed by atoms with E-state index in [4.69, 9.17) is 16.3 Å². The summed E-state index contributed by atoms with van der Waals surface area (Å²) in [5, 5.41) is 10.8. The summed E-state index contributed by atoms with van der Waals surface area (Å²) < 4.78 is 34.9. The molecule has 3 atom stereocenters. The minimum Gasteiger partial charge on any atom is -0.480 e. The Balaban J connectivity index is 1.29. The van der Waals surface area contributed by atoms with Gasteiger partial charge in [-0.25, -0.2) is 13.2 Å². The maximum absolute atomic E-state index is 13.4. The van der Waals surface area contributed by atoms with Crippen LogP contribution in [0.15, 0.2) is 114 Å². The van der Waals surface area contributed by atoms with Gasteiger partial charge in [-0.05, 0) is 71.7 Å². The third-order valence-electron chi connectivity index (χ3n) is 8.13. The van der Waals surface area contributed by atoms with Crippen molar-refractivity contribution < 1.29 is 27.9 Å². The van der Waals surface area contributed by atoms with E-state index >= 15 is 0 Å². The number of nitrogens with one attached hydrogen (secondary N) is 1. The minimum atomic E-state index is -4.16. The van der Waals surface area contributed by atoms with E-state index in [-0.39, 0.29) is 30.5 Å². The number of carboxylic acid groups (broad SMARTS) is 1. The molecule has 1 aliphatic rings. The average molecular weight is 647 g/mol. The first kappa shape index (κ1) is 32.2. The fourth-order valence-electron chi connectivity index (χ4n) is 5.74. The zero-order chi connectivity index (χ0) is 31.8. The van der Waals surface area contributed by atoms with Crippen molar-refractivity contribution in [3.63, 3.8) is 0 Å². The van der Waals surface area contributed by atoms with Gasteiger partial charge in [0.25, 0.3) is 0 Å². The van der Waals surface area contributed by atoms with Crippen LogP contribution in [0.3, 0.4) is 0 Å². The molecule has 4 aromatic rings. The smallest absolute Gasteiger partial charge is 0.410 e. The predicted octanol–water partition coefficient (Wildman–Crippen LogP) is 6.44. The number of carbonyl (C=O) groups excluding carboxylic acids is 1. The van der Waals surface area contributed by atoms with Crippen LogP contribution in [0.25, 0.3) is 11.1 Å². The van der Waals surface area contributed by atoms with Gasteiger partial charge in [0.15, 0.2) is 0 Å². The highest BCUT2D eigenvalue weighted by Crippen LogP contribution is 2.30. The molecule has 45 heavy (non-hydrogen) atoms. The third kappa shape index (κ3) is 8.51. The summed E-state index contributed by atoms with van der Waals surface area (Å²) in [6.07, 6.45) is 1.19. The largest absolute Gasteiger partial charge is 0.480 e. The second kappa shape index (κ2) is 14.7. The summed E-state index contributed by atoms with van der Waals surface area (Å²) in [6.45, 7) is 0.461. The number of halogens is 1. The lowest BCUT2D eigenvalue weighted by Gasteiger charge is -2.40. The molecule has 5 rings (SSSR count). The van der Waals surface area contributed by atoms with E-state index in [1.54, 1.807) is 29.2 Å². The van der Waals surface area contributed by atoms with Crippen molar-refractivity contribution >= 4 is 33.7 Å². The van der Waals surface area contributed by atoms with Crippen molar-refractivity contribution in [3.05, 3.63) is 125 Å². The van der Waals surface area contributed by atoms with E-state index < -0.39 is 34.0 Å². The number of sulfonamides is 1. The molecule has 1 saturated heterocycles. The molecule has 8 nitrogen and oxygen atoms in total. The van der Waals surface area contributed by atoms with E-state index in [9.17, 15) is 23.1 Å². The second-order valence-electron chi connectivity index (χ2n) is 11.1. The van der Waals surface area contributed by atoms with Crippen molar-refractivity contribution in [1.82, 2.24) is 9.62 Å². The van der Waals surface area contributed by atoms with Gasteiger partial charge in [0, 0.05) is 24.0 Å². The van der Waals surface area contributed by atoms with Gasteiger partial charge in [-0.2, -0.15) is 4.72 Å². The Hall–Kier alpha value is -4.18. The monoisotopic (exact) mass is 646 g/mol. The summed E-state index contributed by atoms with van der Waals surface area (Å²) in [5.41, 5.74) is 3.71. The summed E-state index contributed by atoms with van der Waals surface area (Å²) in [4.78, 5) is 27.3. The first-order valence-corrected chi connectivity index (χ1v) is 16.7. The molecule has 1 aliphatic heterocycles. The van der Waals surface area contributed by atoms with Gasteiger partial charge >= 0.3 is 12.1 Å². The lowest BCUT2D eigenvalue weighted by molar-refractivity contribution is -0.141. The summed E-state index contributed by atoms with van der Waals surface area (Å²) in [7, 11) is -4.16. The molecular formula is C35H35ClN2O6S. The molecule has 2 unspecified atom stereocenters. The number of likely N-dealkylation sites (tertiary alicyclic amines) is 1. The highest BCUT2D eigenvalue weighted by atomic mass is 35.5. The molecule has 0 aromatic heterocycles. The summed E-state index contributed by atoms with van der Waals surface area (Å²) >= 11 is 5.98. The van der Waals surface area contributed by atoms with E-state index in [0.717, 1.165) is 22.3 Å². The molecule has 0 aliphatic carbocycles. The van der Waals surface area contributed by atoms with Gasteiger partial charge in [0.05, 0.1) is 11.5 Å². The number of piperidine rings is 1. The van der Waals surface area contributed by atoms with Gasteiger partial charge < -0.3 is 14.7 Å². The number of nitrogens with zero attached hydrogens (tertiary/aromatic N) is 1. The van der Waals surface area contributed by atoms with Crippen LogP contribution in [0, 0.1) is 5.92 Å². The predicted molar refractivity (Wildman–Crippen MR) is 173 cm³/mol. The SMILES string of the molecule is O=C(O)[C@H](NS(=O)(=O)c1ccc(-c2ccc(Cl)cc2)cc1)C1CCN(C(=O)OCCc2ccccc2)C(Cc2ccccc2)C1. The average Bonchev–Trinajstić information content (AvgIpc) is 3.05. The van der Waals surface area contributed by atoms with Crippen molar-refractivity contribution in [2.75, 3.05) is 13.2 Å². The molecule has 0 saturated carbocycles. The molecule has 1 fully saturated rings. The van der Waals surface area contributed by atoms with Crippen LogP contribution in [0.4, 0.5) is 4.79 Å². The summed E-state index contributed by atoms with van der Waals surface area (Å²) in [5.74, 6) is -1.81. The topological polar surface area (TPSA) is 113 Å². The van der Waals surface area contributed by atoms with Crippen molar-refractivity contribution in [2.24, 2.45) is 5.92 Å². The lowest BCUT2D eigenvalue weighted by Crippen LogP contribution is -2.54. The number of benzene rings is 4. The molecule has 234 valence electrons. The molecule has 1 amide bonds. The van der Waals surface area contributed by atoms with Gasteiger partial charge in [-0.3, -0.25) is 4.79 Å². The quantitative estimate of drug-likeness (QED) is 0.194. The maximum atomic E-state index is 13.4. The zero-order valence-corrected chi connectivity index (χ0v) is 26.2. The minimum absolute atomic E-state index is 0.0354. The maximum Gasteiger partial charge on any atom is 0.410 e. The molecule has 0 bridgehead atoms. The van der Waals surface area contributed by atoms with Crippen molar-refractivity contribution in [2.45, 2.75) is 42.7 Å². The molecule has 0 spiro atoms. The second-order valence-corrected chi connectivity index (χ2v) is 13.3. The number of hydrogen-bond acceptors (Lipinski definition) is 5. The Morgan fingerprint density at radius 2 is 1.44 bits per heavy atom. The van der Waals surface area contributed by atoms with E-state index in [1.807, 2.05) is 72.8 Å². The fraction of sp³-hybridized carbons (Fsp3) is 0.257. The fourth-order valence-corrected chi connectivity index (χ4v) is 7.12. The van der Waals surface area contributed by atoms with E-state index in [0.29, 0.717) is 24.3 Å². The Morgan fingerprint density at radius 1 is 0.867 bits per heavy atom. The summed E-state index contributed by atoms with van der Waals surface area (Å²) in [6, 6.07) is 31.0. The Labute approximate surface area is 268 Å². The standard InChI is InChI=1S/C35H35ClN2O6S/c36-30-15-11-27(12-16-30)28-13-17-32(18-14-28)45(42,43)37-33(34(39)40)29-19-21-38(31(24-29)23-26-9-5-2-6-10-26)35(41)44-22-20-25-7-3-1-4-8-25/h1-18,29,31,33,37H,19-24H2,(H,39,40)/t29?,31?,33-/m1/s1. The number of aliphatic carboxylic acids is 1. The van der Waals surface area contributed by atoms with Gasteiger partial charge in [-0.15, -0.1) is 0 Å². The van der Waals surface area contributed by atoms with Crippen LogP contribution < -0.4 is 4.72 Å². The number of ether oxygens (including phenoxy) is 1. The highest BCUT2D eigenvalue weighted by molar-refractivity contribution is 7.89. The molecule has 1 heterocycles. The third-order valence-corrected chi connectivity index (χ3v) is 9.83. The number of amides is 1. The van der Waals surface area contributed by atoms with Crippen LogP contribution in [0.2, 0.25) is 5.02 Å². The first-order valence-electron chi connectivity index (χ1n) is 14.8. The normalized spacial score (nSPS) is 17.4. The van der Waals surface area contributed by atoms with E-state index in [1.165, 1.54) is 12.1 Å². The van der Waals surface area contributed by atoms with Crippen LogP contribution >= 0.6 is 11.6 Å². The van der Waals surface area contributed by atoms with Crippen LogP contribution in [-0.4, -0.2) is 55.7 Å². The van der Waals surface area contributed by atoms with Gasteiger partial charge in [0.2, 0.25) is 10.0 Å². The number of carboxylic acids is 1. The number of rotatable bonds is 11. The molecular weight excluding hydrogens is 612 g/mol. The number of hydrogen-bond donors (Lipinski definition) is 2. The zero-order valence-electron chi connectivity index (χ0n) is 24.6. The Bertz CT molecular complexity index is 1680. The van der Waals surface area contributed by atoms with Gasteiger partial charge in [-0.1, -0.05) is 96.5 Å². The molecule has 10 heteroatoms. The van der Waals surface area contributed by atoms with Crippen LogP contribution in [0.5, 0.6) is 0 Å². The molecule has 2 N–H and O–H groups in total. The van der Waals surface area contributed by atoms with Crippen molar-refractivity contribution in [1.29, 1.82) is 0 Å². The molecule has 4 aromatic carbocycles. The Morgan fingerprint density at radius 3 is 2.04 bits per heavy atom. The Kier molecular flexibility index (Phi) is 10.5. The van der Waals surface area contributed by atoms with E-state index in [2.05, 4.69) is 4.72 Å². The van der Waals surface area contributed by atoms with Crippen molar-refractivity contribution in [3.8, 4) is 11.1 Å². The number of carbonyl (C=O) groups is 2.